The summed E-state index contributed by atoms with van der Waals surface area (Å²) in [5, 5.41) is 3.32. The second kappa shape index (κ2) is 4.61. The maximum absolute atomic E-state index is 11.8. The van der Waals surface area contributed by atoms with Gasteiger partial charge in [-0.1, -0.05) is 18.2 Å². The molecule has 90 valence electrons. The fourth-order valence-corrected chi connectivity index (χ4v) is 3.03. The molecule has 0 aromatic heterocycles. The summed E-state index contributed by atoms with van der Waals surface area (Å²) < 4.78 is 0. The molecule has 17 heavy (non-hydrogen) atoms. The molecule has 1 heterocycles. The normalized spacial score (nSPS) is 23.8. The lowest BCUT2D eigenvalue weighted by Crippen LogP contribution is -2.37. The second-order valence-electron chi connectivity index (χ2n) is 5.28. The lowest BCUT2D eigenvalue weighted by Gasteiger charge is -2.21. The van der Waals surface area contributed by atoms with Gasteiger partial charge in [0.25, 0.3) is 0 Å². The molecule has 1 unspecified atom stereocenters. The van der Waals surface area contributed by atoms with Crippen LogP contribution in [0.25, 0.3) is 0 Å². The van der Waals surface area contributed by atoms with Gasteiger partial charge in [0, 0.05) is 25.4 Å². The van der Waals surface area contributed by atoms with Crippen molar-refractivity contribution in [1.82, 2.24) is 5.32 Å². The Morgan fingerprint density at radius 1 is 1.18 bits per heavy atom. The van der Waals surface area contributed by atoms with Gasteiger partial charge < -0.3 is 5.32 Å². The number of piperidine rings is 1. The molecule has 0 bridgehead atoms. The predicted molar refractivity (Wildman–Crippen MR) is 68.2 cm³/mol. The number of Topliss-reactive ketones (excluding diaryl/α,β-unsaturated/α-hetero) is 1. The van der Waals surface area contributed by atoms with E-state index in [2.05, 4.69) is 23.5 Å². The first-order valence-corrected chi connectivity index (χ1v) is 6.67. The van der Waals surface area contributed by atoms with Crippen LogP contribution in [-0.2, 0) is 24.1 Å². The van der Waals surface area contributed by atoms with E-state index in [1.807, 2.05) is 0 Å². The number of benzene rings is 1. The van der Waals surface area contributed by atoms with Crippen LogP contribution in [0.1, 0.15) is 29.5 Å². The summed E-state index contributed by atoms with van der Waals surface area (Å²) in [4.78, 5) is 11.8. The van der Waals surface area contributed by atoms with Crippen LogP contribution in [0.3, 0.4) is 0 Å². The standard InChI is InChI=1S/C15H19NO/c17-15-6-7-16-10-14(15)9-11-4-5-12-2-1-3-13(12)8-11/h4-5,8,14,16H,1-3,6-7,9-10H2. The number of ketones is 1. The van der Waals surface area contributed by atoms with Gasteiger partial charge in [0.15, 0.2) is 0 Å². The van der Waals surface area contributed by atoms with Crippen LogP contribution in [-0.4, -0.2) is 18.9 Å². The number of nitrogens with one attached hydrogen (secondary N) is 1. The number of rotatable bonds is 2. The lowest BCUT2D eigenvalue weighted by molar-refractivity contribution is -0.123. The van der Waals surface area contributed by atoms with Gasteiger partial charge in [0.2, 0.25) is 0 Å². The van der Waals surface area contributed by atoms with Crippen LogP contribution in [0.5, 0.6) is 0 Å². The monoisotopic (exact) mass is 229 g/mol. The number of hydrogen-bond acceptors (Lipinski definition) is 2. The highest BCUT2D eigenvalue weighted by Crippen LogP contribution is 2.24. The third-order valence-corrected chi connectivity index (χ3v) is 4.04. The Labute approximate surface area is 102 Å². The maximum atomic E-state index is 11.8. The van der Waals surface area contributed by atoms with Crippen LogP contribution in [0.2, 0.25) is 0 Å². The van der Waals surface area contributed by atoms with Crippen molar-refractivity contribution < 1.29 is 4.79 Å². The van der Waals surface area contributed by atoms with Crippen molar-refractivity contribution in [3.8, 4) is 0 Å². The second-order valence-corrected chi connectivity index (χ2v) is 5.28. The smallest absolute Gasteiger partial charge is 0.138 e. The molecule has 1 fully saturated rings. The Morgan fingerprint density at radius 3 is 2.94 bits per heavy atom. The number of hydrogen-bond donors (Lipinski definition) is 1. The van der Waals surface area contributed by atoms with Crippen molar-refractivity contribution in [2.24, 2.45) is 5.92 Å². The first-order chi connectivity index (χ1) is 8.33. The van der Waals surface area contributed by atoms with Crippen molar-refractivity contribution in [1.29, 1.82) is 0 Å². The highest BCUT2D eigenvalue weighted by molar-refractivity contribution is 5.82. The minimum absolute atomic E-state index is 0.197. The number of fused-ring (bicyclic) bond motifs is 1. The van der Waals surface area contributed by atoms with Gasteiger partial charge in [0.1, 0.15) is 5.78 Å². The Morgan fingerprint density at radius 2 is 2.06 bits per heavy atom. The molecular weight excluding hydrogens is 210 g/mol. The average Bonchev–Trinajstić information content (AvgIpc) is 2.79. The highest BCUT2D eigenvalue weighted by atomic mass is 16.1. The Balaban J connectivity index is 1.74. The summed E-state index contributed by atoms with van der Waals surface area (Å²) >= 11 is 0. The van der Waals surface area contributed by atoms with E-state index in [9.17, 15) is 4.79 Å². The van der Waals surface area contributed by atoms with E-state index in [0.717, 1.165) is 19.5 Å². The van der Waals surface area contributed by atoms with Gasteiger partial charge in [-0.15, -0.1) is 0 Å². The van der Waals surface area contributed by atoms with E-state index in [-0.39, 0.29) is 5.92 Å². The van der Waals surface area contributed by atoms with Gasteiger partial charge in [-0.3, -0.25) is 4.79 Å². The van der Waals surface area contributed by atoms with Gasteiger partial charge in [-0.25, -0.2) is 0 Å². The molecule has 1 aromatic rings. The minimum atomic E-state index is 0.197. The maximum Gasteiger partial charge on any atom is 0.138 e. The summed E-state index contributed by atoms with van der Waals surface area (Å²) in [6.45, 7) is 1.72. The van der Waals surface area contributed by atoms with Crippen LogP contribution >= 0.6 is 0 Å². The Bertz CT molecular complexity index is 439. The van der Waals surface area contributed by atoms with Crippen LogP contribution in [0, 0.1) is 5.92 Å². The van der Waals surface area contributed by atoms with Crippen molar-refractivity contribution in [2.75, 3.05) is 13.1 Å². The van der Waals surface area contributed by atoms with E-state index in [1.54, 1.807) is 0 Å². The summed E-state index contributed by atoms with van der Waals surface area (Å²) in [6, 6.07) is 6.80. The molecule has 1 aliphatic carbocycles. The molecule has 2 nitrogen and oxygen atoms in total. The van der Waals surface area contributed by atoms with Crippen LogP contribution in [0.4, 0.5) is 0 Å². The van der Waals surface area contributed by atoms with E-state index in [0.29, 0.717) is 12.2 Å². The van der Waals surface area contributed by atoms with Gasteiger partial charge in [-0.05, 0) is 42.4 Å². The van der Waals surface area contributed by atoms with Crippen molar-refractivity contribution in [3.05, 3.63) is 34.9 Å². The topological polar surface area (TPSA) is 29.1 Å². The van der Waals surface area contributed by atoms with Crippen molar-refractivity contribution in [3.63, 3.8) is 0 Å². The molecule has 1 saturated heterocycles. The molecule has 1 atom stereocenters. The number of carbonyl (C=O) groups excluding carboxylic acids is 1. The first-order valence-electron chi connectivity index (χ1n) is 6.67. The van der Waals surface area contributed by atoms with E-state index < -0.39 is 0 Å². The van der Waals surface area contributed by atoms with Crippen LogP contribution < -0.4 is 5.32 Å². The molecule has 0 radical (unpaired) electrons. The molecule has 2 heteroatoms. The SMILES string of the molecule is O=C1CCNCC1Cc1ccc2c(c1)CCC2. The lowest BCUT2D eigenvalue weighted by atomic mass is 9.90. The van der Waals surface area contributed by atoms with Crippen LogP contribution in [0.15, 0.2) is 18.2 Å². The number of aryl methyl sites for hydroxylation is 2. The third-order valence-electron chi connectivity index (χ3n) is 4.04. The fourth-order valence-electron chi connectivity index (χ4n) is 3.03. The molecule has 1 aromatic carbocycles. The quantitative estimate of drug-likeness (QED) is 0.839. The summed E-state index contributed by atoms with van der Waals surface area (Å²) in [5.74, 6) is 0.632. The highest BCUT2D eigenvalue weighted by Gasteiger charge is 2.22. The molecule has 3 rings (SSSR count). The molecule has 0 amide bonds. The molecule has 0 spiro atoms. The molecule has 1 N–H and O–H groups in total. The average molecular weight is 229 g/mol. The Kier molecular flexibility index (Phi) is 2.98. The first kappa shape index (κ1) is 11.0. The van der Waals surface area contributed by atoms with Gasteiger partial charge >= 0.3 is 0 Å². The fraction of sp³-hybridized carbons (Fsp3) is 0.533. The zero-order valence-corrected chi connectivity index (χ0v) is 10.2. The van der Waals surface area contributed by atoms with Crippen molar-refractivity contribution >= 4 is 5.78 Å². The summed E-state index contributed by atoms with van der Waals surface area (Å²) in [7, 11) is 0. The zero-order chi connectivity index (χ0) is 11.7. The summed E-state index contributed by atoms with van der Waals surface area (Å²) in [6.07, 6.45) is 5.37. The Hall–Kier alpha value is -1.15. The third kappa shape index (κ3) is 2.27. The van der Waals surface area contributed by atoms with Crippen molar-refractivity contribution in [2.45, 2.75) is 32.1 Å². The van der Waals surface area contributed by atoms with Gasteiger partial charge in [-0.2, -0.15) is 0 Å². The van der Waals surface area contributed by atoms with Gasteiger partial charge in [0.05, 0.1) is 0 Å². The molecular formula is C15H19NO. The van der Waals surface area contributed by atoms with E-state index in [4.69, 9.17) is 0 Å². The van der Waals surface area contributed by atoms with E-state index >= 15 is 0 Å². The number of carbonyl (C=O) groups is 1. The zero-order valence-electron chi connectivity index (χ0n) is 10.2. The minimum Gasteiger partial charge on any atom is -0.316 e. The molecule has 2 aliphatic rings. The molecule has 0 saturated carbocycles. The summed E-state index contributed by atoms with van der Waals surface area (Å²) in [5.41, 5.74) is 4.37. The predicted octanol–water partition coefficient (Wildman–Crippen LogP) is 1.90. The van der Waals surface area contributed by atoms with E-state index in [1.165, 1.54) is 36.0 Å². The largest absolute Gasteiger partial charge is 0.316 e. The molecule has 1 aliphatic heterocycles.